The van der Waals surface area contributed by atoms with E-state index in [-0.39, 0.29) is 5.75 Å². The SMILES string of the molecule is Oc1c(F)cc(CS)cc1F. The van der Waals surface area contributed by atoms with Gasteiger partial charge in [0.15, 0.2) is 17.4 Å². The average molecular weight is 176 g/mol. The molecule has 0 aliphatic heterocycles. The highest BCUT2D eigenvalue weighted by Gasteiger charge is 2.07. The van der Waals surface area contributed by atoms with E-state index < -0.39 is 17.4 Å². The van der Waals surface area contributed by atoms with Crippen LogP contribution >= 0.6 is 12.6 Å². The van der Waals surface area contributed by atoms with E-state index in [4.69, 9.17) is 5.11 Å². The summed E-state index contributed by atoms with van der Waals surface area (Å²) >= 11 is 3.82. The first kappa shape index (κ1) is 8.33. The summed E-state index contributed by atoms with van der Waals surface area (Å²) in [4.78, 5) is 0. The van der Waals surface area contributed by atoms with Gasteiger partial charge in [0, 0.05) is 5.75 Å². The molecule has 4 heteroatoms. The normalized spacial score (nSPS) is 10.1. The summed E-state index contributed by atoms with van der Waals surface area (Å²) in [6.45, 7) is 0. The molecular formula is C7H6F2OS. The van der Waals surface area contributed by atoms with E-state index in [1.54, 1.807) is 0 Å². The molecule has 0 saturated carbocycles. The molecule has 0 aliphatic rings. The highest BCUT2D eigenvalue weighted by Crippen LogP contribution is 2.21. The Balaban J connectivity index is 3.21. The molecule has 0 spiro atoms. The molecule has 1 N–H and O–H groups in total. The molecule has 0 atom stereocenters. The van der Waals surface area contributed by atoms with Crippen LogP contribution in [0.4, 0.5) is 8.78 Å². The fourth-order valence-electron chi connectivity index (χ4n) is 0.709. The molecule has 0 bridgehead atoms. The monoisotopic (exact) mass is 176 g/mol. The Bertz CT molecular complexity index is 252. The molecule has 1 aromatic rings. The van der Waals surface area contributed by atoms with Crippen LogP contribution < -0.4 is 0 Å². The molecule has 0 amide bonds. The van der Waals surface area contributed by atoms with E-state index in [9.17, 15) is 8.78 Å². The van der Waals surface area contributed by atoms with Gasteiger partial charge in [0.2, 0.25) is 0 Å². The Labute approximate surface area is 68.1 Å². The highest BCUT2D eigenvalue weighted by atomic mass is 32.1. The standard InChI is InChI=1S/C7H6F2OS/c8-5-1-4(3-11)2-6(9)7(5)10/h1-2,10-11H,3H2. The van der Waals surface area contributed by atoms with Crippen LogP contribution in [0.1, 0.15) is 5.56 Å². The molecule has 0 aromatic heterocycles. The third kappa shape index (κ3) is 1.63. The number of phenolic OH excluding ortho intramolecular Hbond substituents is 1. The lowest BCUT2D eigenvalue weighted by atomic mass is 10.2. The molecule has 1 nitrogen and oxygen atoms in total. The van der Waals surface area contributed by atoms with E-state index in [2.05, 4.69) is 12.6 Å². The molecule has 0 unspecified atom stereocenters. The quantitative estimate of drug-likeness (QED) is 0.628. The predicted molar refractivity (Wildman–Crippen MR) is 40.7 cm³/mol. The molecule has 1 aromatic carbocycles. The van der Waals surface area contributed by atoms with Crippen LogP contribution in [-0.4, -0.2) is 5.11 Å². The molecule has 0 aliphatic carbocycles. The minimum absolute atomic E-state index is 0.244. The second-order valence-electron chi connectivity index (χ2n) is 2.07. The predicted octanol–water partition coefficient (Wildman–Crippen LogP) is 2.10. The molecular weight excluding hydrogens is 170 g/mol. The third-order valence-corrected chi connectivity index (χ3v) is 1.62. The number of aromatic hydroxyl groups is 1. The van der Waals surface area contributed by atoms with Gasteiger partial charge in [0.1, 0.15) is 0 Å². The summed E-state index contributed by atoms with van der Waals surface area (Å²) < 4.78 is 25.0. The number of hydrogen-bond acceptors (Lipinski definition) is 2. The Morgan fingerprint density at radius 1 is 1.27 bits per heavy atom. The summed E-state index contributed by atoms with van der Waals surface area (Å²) in [5, 5.41) is 8.65. The van der Waals surface area contributed by atoms with Gasteiger partial charge in [-0.3, -0.25) is 0 Å². The lowest BCUT2D eigenvalue weighted by molar-refractivity contribution is 0.395. The van der Waals surface area contributed by atoms with Crippen molar-refractivity contribution in [2.24, 2.45) is 0 Å². The Morgan fingerprint density at radius 3 is 2.09 bits per heavy atom. The van der Waals surface area contributed by atoms with Crippen molar-refractivity contribution in [1.29, 1.82) is 0 Å². The number of halogens is 2. The fourth-order valence-corrected chi connectivity index (χ4v) is 0.892. The number of phenols is 1. The zero-order valence-electron chi connectivity index (χ0n) is 5.51. The number of hydrogen-bond donors (Lipinski definition) is 2. The summed E-state index contributed by atoms with van der Waals surface area (Å²) in [5.41, 5.74) is 0.404. The van der Waals surface area contributed by atoms with Gasteiger partial charge in [-0.15, -0.1) is 0 Å². The first-order chi connectivity index (χ1) is 5.15. The summed E-state index contributed by atoms with van der Waals surface area (Å²) in [6.07, 6.45) is 0. The van der Waals surface area contributed by atoms with E-state index in [1.807, 2.05) is 0 Å². The summed E-state index contributed by atoms with van der Waals surface area (Å²) in [5.74, 6) is -2.59. The van der Waals surface area contributed by atoms with Crippen molar-refractivity contribution >= 4 is 12.6 Å². The minimum atomic E-state index is -0.950. The number of rotatable bonds is 1. The van der Waals surface area contributed by atoms with Gasteiger partial charge >= 0.3 is 0 Å². The van der Waals surface area contributed by atoms with Crippen LogP contribution in [0.15, 0.2) is 12.1 Å². The molecule has 0 saturated heterocycles. The van der Waals surface area contributed by atoms with Crippen molar-refractivity contribution in [3.63, 3.8) is 0 Å². The first-order valence-electron chi connectivity index (χ1n) is 2.93. The van der Waals surface area contributed by atoms with E-state index in [0.29, 0.717) is 5.56 Å². The van der Waals surface area contributed by atoms with Crippen LogP contribution in [0.5, 0.6) is 5.75 Å². The minimum Gasteiger partial charge on any atom is -0.503 e. The van der Waals surface area contributed by atoms with Crippen LogP contribution in [0.3, 0.4) is 0 Å². The largest absolute Gasteiger partial charge is 0.503 e. The molecule has 60 valence electrons. The lowest BCUT2D eigenvalue weighted by Gasteiger charge is -1.99. The van der Waals surface area contributed by atoms with Crippen molar-refractivity contribution in [2.45, 2.75) is 5.75 Å². The smallest absolute Gasteiger partial charge is 0.187 e. The average Bonchev–Trinajstić information content (AvgIpc) is 1.99. The van der Waals surface area contributed by atoms with Gasteiger partial charge in [0.25, 0.3) is 0 Å². The van der Waals surface area contributed by atoms with Crippen molar-refractivity contribution in [1.82, 2.24) is 0 Å². The van der Waals surface area contributed by atoms with E-state index >= 15 is 0 Å². The van der Waals surface area contributed by atoms with Crippen molar-refractivity contribution < 1.29 is 13.9 Å². The maximum absolute atomic E-state index is 12.5. The van der Waals surface area contributed by atoms with Crippen molar-refractivity contribution in [3.05, 3.63) is 29.3 Å². The molecule has 0 fully saturated rings. The van der Waals surface area contributed by atoms with Gasteiger partial charge in [0.05, 0.1) is 0 Å². The van der Waals surface area contributed by atoms with Gasteiger partial charge in [-0.2, -0.15) is 12.6 Å². The van der Waals surface area contributed by atoms with Gasteiger partial charge < -0.3 is 5.11 Å². The van der Waals surface area contributed by atoms with Crippen LogP contribution in [0, 0.1) is 11.6 Å². The Kier molecular flexibility index (Phi) is 2.34. The Morgan fingerprint density at radius 2 is 1.73 bits per heavy atom. The third-order valence-electron chi connectivity index (χ3n) is 1.26. The molecule has 11 heavy (non-hydrogen) atoms. The molecule has 1 rings (SSSR count). The second-order valence-corrected chi connectivity index (χ2v) is 2.38. The van der Waals surface area contributed by atoms with E-state index in [1.165, 1.54) is 0 Å². The van der Waals surface area contributed by atoms with Gasteiger partial charge in [-0.1, -0.05) is 0 Å². The zero-order chi connectivity index (χ0) is 8.43. The van der Waals surface area contributed by atoms with E-state index in [0.717, 1.165) is 12.1 Å². The fraction of sp³-hybridized carbons (Fsp3) is 0.143. The highest BCUT2D eigenvalue weighted by molar-refractivity contribution is 7.79. The van der Waals surface area contributed by atoms with Crippen LogP contribution in [-0.2, 0) is 5.75 Å². The topological polar surface area (TPSA) is 20.2 Å². The van der Waals surface area contributed by atoms with Gasteiger partial charge in [-0.25, -0.2) is 8.78 Å². The summed E-state index contributed by atoms with van der Waals surface area (Å²) in [6, 6.07) is 2.09. The summed E-state index contributed by atoms with van der Waals surface area (Å²) in [7, 11) is 0. The van der Waals surface area contributed by atoms with Crippen molar-refractivity contribution in [3.8, 4) is 5.75 Å². The van der Waals surface area contributed by atoms with Crippen LogP contribution in [0.25, 0.3) is 0 Å². The zero-order valence-corrected chi connectivity index (χ0v) is 6.41. The van der Waals surface area contributed by atoms with Crippen molar-refractivity contribution in [2.75, 3.05) is 0 Å². The first-order valence-corrected chi connectivity index (χ1v) is 3.56. The maximum Gasteiger partial charge on any atom is 0.187 e. The maximum atomic E-state index is 12.5. The molecule has 0 radical (unpaired) electrons. The number of benzene rings is 1. The number of thiol groups is 1. The molecule has 0 heterocycles. The van der Waals surface area contributed by atoms with Crippen LogP contribution in [0.2, 0.25) is 0 Å². The van der Waals surface area contributed by atoms with Gasteiger partial charge in [-0.05, 0) is 17.7 Å². The second kappa shape index (κ2) is 3.09. The lowest BCUT2D eigenvalue weighted by Crippen LogP contribution is -1.86. The Hall–Kier alpha value is -0.770.